The van der Waals surface area contributed by atoms with Crippen molar-refractivity contribution in [1.29, 1.82) is 0 Å². The molecule has 4 nitrogen and oxygen atoms in total. The standard InChI is InChI=1S/C14H22N2O2/c1-4-12(11-8-6-7-9-13(11)17)16(5-2)10-14(18)15-3/h6-9,12,17H,4-5,10H2,1-3H3,(H,15,18). The number of aromatic hydroxyl groups is 1. The molecule has 0 radical (unpaired) electrons. The predicted octanol–water partition coefficient (Wildman–Crippen LogP) is 1.91. The predicted molar refractivity (Wildman–Crippen MR) is 72.5 cm³/mol. The molecule has 0 aromatic heterocycles. The number of nitrogens with one attached hydrogen (secondary N) is 1. The lowest BCUT2D eigenvalue weighted by Crippen LogP contribution is -2.37. The molecule has 0 spiro atoms. The van der Waals surface area contributed by atoms with Crippen LogP contribution in [0, 0.1) is 0 Å². The highest BCUT2D eigenvalue weighted by atomic mass is 16.3. The fraction of sp³-hybridized carbons (Fsp3) is 0.500. The highest BCUT2D eigenvalue weighted by Gasteiger charge is 2.21. The lowest BCUT2D eigenvalue weighted by molar-refractivity contribution is -0.122. The van der Waals surface area contributed by atoms with Gasteiger partial charge < -0.3 is 10.4 Å². The van der Waals surface area contributed by atoms with Gasteiger partial charge in [0.25, 0.3) is 0 Å². The number of nitrogens with zero attached hydrogens (tertiary/aromatic N) is 1. The molecule has 0 saturated heterocycles. The Bertz CT molecular complexity index is 393. The van der Waals surface area contributed by atoms with Crippen LogP contribution in [0.25, 0.3) is 0 Å². The van der Waals surface area contributed by atoms with Crippen LogP contribution in [0.3, 0.4) is 0 Å². The second kappa shape index (κ2) is 7.01. The van der Waals surface area contributed by atoms with Gasteiger partial charge in [0.15, 0.2) is 0 Å². The van der Waals surface area contributed by atoms with Crippen molar-refractivity contribution in [1.82, 2.24) is 10.2 Å². The lowest BCUT2D eigenvalue weighted by Gasteiger charge is -2.30. The molecule has 1 rings (SSSR count). The maximum atomic E-state index is 11.5. The van der Waals surface area contributed by atoms with Gasteiger partial charge in [-0.05, 0) is 19.0 Å². The Morgan fingerprint density at radius 1 is 1.39 bits per heavy atom. The zero-order valence-corrected chi connectivity index (χ0v) is 11.3. The average molecular weight is 250 g/mol. The number of hydrogen-bond donors (Lipinski definition) is 2. The number of amides is 1. The van der Waals surface area contributed by atoms with Crippen molar-refractivity contribution in [2.75, 3.05) is 20.1 Å². The van der Waals surface area contributed by atoms with Crippen LogP contribution in [0.1, 0.15) is 31.9 Å². The van der Waals surface area contributed by atoms with Gasteiger partial charge in [0, 0.05) is 18.7 Å². The molecule has 1 amide bonds. The average Bonchev–Trinajstić information content (AvgIpc) is 2.40. The minimum absolute atomic E-state index is 0.00859. The summed E-state index contributed by atoms with van der Waals surface area (Å²) in [6, 6.07) is 7.38. The minimum atomic E-state index is -0.00859. The first-order chi connectivity index (χ1) is 8.63. The van der Waals surface area contributed by atoms with Crippen LogP contribution in [0.2, 0.25) is 0 Å². The van der Waals surface area contributed by atoms with Crippen molar-refractivity contribution in [3.05, 3.63) is 29.8 Å². The number of benzene rings is 1. The van der Waals surface area contributed by atoms with Gasteiger partial charge in [-0.15, -0.1) is 0 Å². The van der Waals surface area contributed by atoms with E-state index in [1.54, 1.807) is 19.2 Å². The van der Waals surface area contributed by atoms with Gasteiger partial charge >= 0.3 is 0 Å². The molecule has 0 heterocycles. The van der Waals surface area contributed by atoms with Gasteiger partial charge in [-0.2, -0.15) is 0 Å². The third kappa shape index (κ3) is 3.47. The zero-order chi connectivity index (χ0) is 13.5. The summed E-state index contributed by atoms with van der Waals surface area (Å²) in [5.74, 6) is 0.283. The Morgan fingerprint density at radius 2 is 2.06 bits per heavy atom. The van der Waals surface area contributed by atoms with Crippen LogP contribution in [0.5, 0.6) is 5.75 Å². The smallest absolute Gasteiger partial charge is 0.233 e. The molecule has 0 aliphatic carbocycles. The highest BCUT2D eigenvalue weighted by molar-refractivity contribution is 5.77. The number of hydrogen-bond acceptors (Lipinski definition) is 3. The van der Waals surface area contributed by atoms with Crippen LogP contribution in [0.4, 0.5) is 0 Å². The number of rotatable bonds is 6. The number of phenolic OH excluding ortho intramolecular Hbond substituents is 1. The maximum absolute atomic E-state index is 11.5. The van der Waals surface area contributed by atoms with Crippen molar-refractivity contribution < 1.29 is 9.90 Å². The largest absolute Gasteiger partial charge is 0.508 e. The summed E-state index contributed by atoms with van der Waals surface area (Å²) in [4.78, 5) is 13.6. The van der Waals surface area contributed by atoms with Crippen LogP contribution in [-0.2, 0) is 4.79 Å². The summed E-state index contributed by atoms with van der Waals surface area (Å²) in [5, 5.41) is 12.6. The van der Waals surface area contributed by atoms with E-state index in [-0.39, 0.29) is 11.9 Å². The second-order valence-corrected chi connectivity index (χ2v) is 4.22. The fourth-order valence-electron chi connectivity index (χ4n) is 2.15. The third-order valence-electron chi connectivity index (χ3n) is 3.15. The van der Waals surface area contributed by atoms with E-state index in [4.69, 9.17) is 0 Å². The molecule has 0 aliphatic rings. The molecule has 0 aliphatic heterocycles. The second-order valence-electron chi connectivity index (χ2n) is 4.22. The van der Waals surface area contributed by atoms with Gasteiger partial charge in [-0.25, -0.2) is 0 Å². The van der Waals surface area contributed by atoms with E-state index in [0.717, 1.165) is 18.5 Å². The molecule has 18 heavy (non-hydrogen) atoms. The van der Waals surface area contributed by atoms with E-state index in [1.807, 2.05) is 19.1 Å². The quantitative estimate of drug-likeness (QED) is 0.811. The molecular weight excluding hydrogens is 228 g/mol. The Hall–Kier alpha value is -1.55. The molecule has 0 bridgehead atoms. The first kappa shape index (κ1) is 14.5. The van der Waals surface area contributed by atoms with Crippen LogP contribution in [-0.4, -0.2) is 36.1 Å². The molecule has 100 valence electrons. The van der Waals surface area contributed by atoms with E-state index >= 15 is 0 Å². The third-order valence-corrected chi connectivity index (χ3v) is 3.15. The van der Waals surface area contributed by atoms with Gasteiger partial charge in [0.1, 0.15) is 5.75 Å². The van der Waals surface area contributed by atoms with Crippen molar-refractivity contribution in [2.24, 2.45) is 0 Å². The molecule has 1 atom stereocenters. The maximum Gasteiger partial charge on any atom is 0.233 e. The van der Waals surface area contributed by atoms with Crippen LogP contribution in [0.15, 0.2) is 24.3 Å². The normalized spacial score (nSPS) is 12.4. The van der Waals surface area contributed by atoms with Crippen molar-refractivity contribution in [3.63, 3.8) is 0 Å². The first-order valence-electron chi connectivity index (χ1n) is 6.36. The summed E-state index contributed by atoms with van der Waals surface area (Å²) in [6.45, 7) is 5.19. The summed E-state index contributed by atoms with van der Waals surface area (Å²) in [5.41, 5.74) is 0.880. The Morgan fingerprint density at radius 3 is 2.56 bits per heavy atom. The lowest BCUT2D eigenvalue weighted by atomic mass is 10.0. The first-order valence-corrected chi connectivity index (χ1v) is 6.36. The van der Waals surface area contributed by atoms with E-state index < -0.39 is 0 Å². The molecule has 2 N–H and O–H groups in total. The van der Waals surface area contributed by atoms with Crippen molar-refractivity contribution >= 4 is 5.91 Å². The van der Waals surface area contributed by atoms with Gasteiger partial charge in [0.05, 0.1) is 6.54 Å². The molecule has 1 aromatic carbocycles. The highest BCUT2D eigenvalue weighted by Crippen LogP contribution is 2.30. The van der Waals surface area contributed by atoms with Crippen molar-refractivity contribution in [3.8, 4) is 5.75 Å². The minimum Gasteiger partial charge on any atom is -0.508 e. The summed E-state index contributed by atoms with van der Waals surface area (Å²) < 4.78 is 0. The van der Waals surface area contributed by atoms with Gasteiger partial charge in [-0.1, -0.05) is 32.0 Å². The number of carbonyl (C=O) groups excluding carboxylic acids is 1. The SMILES string of the molecule is CCC(c1ccccc1O)N(CC)CC(=O)NC. The Labute approximate surface area is 109 Å². The number of phenols is 1. The van der Waals surface area contributed by atoms with E-state index in [9.17, 15) is 9.90 Å². The van der Waals surface area contributed by atoms with Crippen molar-refractivity contribution in [2.45, 2.75) is 26.3 Å². The van der Waals surface area contributed by atoms with E-state index in [0.29, 0.717) is 12.3 Å². The number of likely N-dealkylation sites (N-methyl/N-ethyl adjacent to an activating group) is 2. The zero-order valence-electron chi connectivity index (χ0n) is 11.3. The number of para-hydroxylation sites is 1. The Balaban J connectivity index is 2.93. The molecule has 0 fully saturated rings. The summed E-state index contributed by atoms with van der Waals surface area (Å²) in [6.07, 6.45) is 0.850. The molecule has 1 aromatic rings. The van der Waals surface area contributed by atoms with E-state index in [1.165, 1.54) is 0 Å². The Kier molecular flexibility index (Phi) is 5.65. The molecule has 4 heteroatoms. The van der Waals surface area contributed by atoms with Crippen LogP contribution < -0.4 is 5.32 Å². The molecule has 1 unspecified atom stereocenters. The topological polar surface area (TPSA) is 52.6 Å². The van der Waals surface area contributed by atoms with Gasteiger partial charge in [0.2, 0.25) is 5.91 Å². The number of carbonyl (C=O) groups is 1. The summed E-state index contributed by atoms with van der Waals surface area (Å²) >= 11 is 0. The van der Waals surface area contributed by atoms with Gasteiger partial charge in [-0.3, -0.25) is 9.69 Å². The molecule has 0 saturated carbocycles. The van der Waals surface area contributed by atoms with E-state index in [2.05, 4.69) is 17.1 Å². The molecular formula is C14H22N2O2. The fourth-order valence-corrected chi connectivity index (χ4v) is 2.15. The van der Waals surface area contributed by atoms with Crippen LogP contribution >= 0.6 is 0 Å². The summed E-state index contributed by atoms with van der Waals surface area (Å²) in [7, 11) is 1.64. The monoisotopic (exact) mass is 250 g/mol.